The summed E-state index contributed by atoms with van der Waals surface area (Å²) in [6.45, 7) is 1.94. The largest absolute Gasteiger partial charge is 0.366 e. The minimum Gasteiger partial charge on any atom is -0.366 e. The summed E-state index contributed by atoms with van der Waals surface area (Å²) in [6.07, 6.45) is 1.57. The third-order valence-corrected chi connectivity index (χ3v) is 4.54. The summed E-state index contributed by atoms with van der Waals surface area (Å²) in [4.78, 5) is 35.7. The van der Waals surface area contributed by atoms with Gasteiger partial charge in [0.05, 0.1) is 17.9 Å². The maximum atomic E-state index is 12.5. The average molecular weight is 359 g/mol. The zero-order chi connectivity index (χ0) is 19.0. The molecule has 27 heavy (non-hydrogen) atoms. The predicted octanol–water partition coefficient (Wildman–Crippen LogP) is 2.49. The molecule has 0 spiro atoms. The van der Waals surface area contributed by atoms with Gasteiger partial charge in [0, 0.05) is 11.1 Å². The number of imidazole rings is 1. The second kappa shape index (κ2) is 6.53. The van der Waals surface area contributed by atoms with Gasteiger partial charge in [-0.2, -0.15) is 0 Å². The number of fused-ring (bicyclic) bond motifs is 1. The van der Waals surface area contributed by atoms with E-state index in [4.69, 9.17) is 5.73 Å². The smallest absolute Gasteiger partial charge is 0.329 e. The van der Waals surface area contributed by atoms with Gasteiger partial charge in [-0.1, -0.05) is 42.5 Å². The predicted molar refractivity (Wildman–Crippen MR) is 102 cm³/mol. The number of carbonyl (C=O) groups excluding carboxylic acids is 1. The number of hydrogen-bond acceptors (Lipinski definition) is 4. The second-order valence-corrected chi connectivity index (χ2v) is 6.26. The van der Waals surface area contributed by atoms with Crippen LogP contribution >= 0.6 is 0 Å². The van der Waals surface area contributed by atoms with Gasteiger partial charge in [0.25, 0.3) is 0 Å². The number of amides is 1. The zero-order valence-corrected chi connectivity index (χ0v) is 14.6. The molecular formula is C20H17N5O2. The highest BCUT2D eigenvalue weighted by atomic mass is 16.1. The van der Waals surface area contributed by atoms with Crippen molar-refractivity contribution in [1.29, 1.82) is 0 Å². The Morgan fingerprint density at radius 2 is 1.93 bits per heavy atom. The number of hydrogen-bond donors (Lipinski definition) is 2. The molecule has 1 atom stereocenters. The first-order valence-corrected chi connectivity index (χ1v) is 8.47. The lowest BCUT2D eigenvalue weighted by molar-refractivity contribution is 0.100. The number of nitrogens with zero attached hydrogens (tertiary/aromatic N) is 3. The van der Waals surface area contributed by atoms with E-state index in [1.165, 1.54) is 0 Å². The minimum atomic E-state index is -0.512. The van der Waals surface area contributed by atoms with E-state index in [0.717, 1.165) is 5.56 Å². The van der Waals surface area contributed by atoms with E-state index in [0.29, 0.717) is 28.1 Å². The summed E-state index contributed by atoms with van der Waals surface area (Å²) in [5.74, 6) is -0.512. The van der Waals surface area contributed by atoms with Crippen LogP contribution in [0.5, 0.6) is 0 Å². The first-order chi connectivity index (χ1) is 13.0. The van der Waals surface area contributed by atoms with Crippen molar-refractivity contribution in [1.82, 2.24) is 19.5 Å². The molecule has 0 bridgehead atoms. The molecule has 7 nitrogen and oxygen atoms in total. The van der Waals surface area contributed by atoms with Crippen LogP contribution in [0.2, 0.25) is 0 Å². The van der Waals surface area contributed by atoms with E-state index >= 15 is 0 Å². The number of H-pyrrole nitrogens is 1. The van der Waals surface area contributed by atoms with Gasteiger partial charge < -0.3 is 5.73 Å². The van der Waals surface area contributed by atoms with E-state index < -0.39 is 5.91 Å². The number of rotatable bonds is 4. The van der Waals surface area contributed by atoms with Crippen molar-refractivity contribution in [2.45, 2.75) is 13.0 Å². The summed E-state index contributed by atoms with van der Waals surface area (Å²) >= 11 is 0. The van der Waals surface area contributed by atoms with Crippen molar-refractivity contribution >= 4 is 17.2 Å². The maximum Gasteiger partial charge on any atom is 0.329 e. The number of primary amides is 1. The highest BCUT2D eigenvalue weighted by molar-refractivity contribution is 5.94. The Labute approximate surface area is 154 Å². The molecule has 0 fully saturated rings. The van der Waals surface area contributed by atoms with Crippen LogP contribution < -0.4 is 11.4 Å². The molecule has 0 aliphatic carbocycles. The first kappa shape index (κ1) is 16.7. The summed E-state index contributed by atoms with van der Waals surface area (Å²) in [6, 6.07) is 16.3. The first-order valence-electron chi connectivity index (χ1n) is 8.47. The molecule has 0 radical (unpaired) electrons. The lowest BCUT2D eigenvalue weighted by Crippen LogP contribution is -2.21. The molecule has 7 heteroatoms. The third-order valence-electron chi connectivity index (χ3n) is 4.54. The number of carbonyl (C=O) groups is 1. The van der Waals surface area contributed by atoms with Crippen molar-refractivity contribution < 1.29 is 4.79 Å². The average Bonchev–Trinajstić information content (AvgIpc) is 3.03. The van der Waals surface area contributed by atoms with E-state index in [2.05, 4.69) is 15.0 Å². The van der Waals surface area contributed by atoms with Gasteiger partial charge in [0.1, 0.15) is 0 Å². The number of aromatic nitrogens is 4. The van der Waals surface area contributed by atoms with Crippen LogP contribution in [0.4, 0.5) is 0 Å². The van der Waals surface area contributed by atoms with Crippen molar-refractivity contribution in [3.8, 4) is 11.3 Å². The fraction of sp³-hybridized carbons (Fsp3) is 0.100. The SMILES string of the molecule is C[C@H](c1ccccc1)n1c(=O)[nH]c2ncc(-c3cccc(C(N)=O)c3)nc21. The maximum absolute atomic E-state index is 12.5. The second-order valence-electron chi connectivity index (χ2n) is 6.26. The topological polar surface area (TPSA) is 107 Å². The standard InChI is InChI=1S/C20H17N5O2/c1-12(13-6-3-2-4-7-13)25-19-18(24-20(25)27)22-11-16(23-19)14-8-5-9-15(10-14)17(21)26/h2-12H,1H3,(H2,21,26)(H,22,24,27)/t12-/m1/s1. The van der Waals surface area contributed by atoms with Crippen LogP contribution in [-0.2, 0) is 0 Å². The van der Waals surface area contributed by atoms with Gasteiger partial charge in [-0.25, -0.2) is 14.8 Å². The van der Waals surface area contributed by atoms with Crippen molar-refractivity contribution in [3.63, 3.8) is 0 Å². The Bertz CT molecular complexity index is 1190. The van der Waals surface area contributed by atoms with Crippen LogP contribution in [0.1, 0.15) is 28.9 Å². The number of nitrogens with one attached hydrogen (secondary N) is 1. The van der Waals surface area contributed by atoms with Gasteiger partial charge in [-0.3, -0.25) is 14.3 Å². The normalized spacial score (nSPS) is 12.2. The fourth-order valence-corrected chi connectivity index (χ4v) is 3.10. The zero-order valence-electron chi connectivity index (χ0n) is 14.6. The lowest BCUT2D eigenvalue weighted by atomic mass is 10.1. The molecule has 1 amide bonds. The fourth-order valence-electron chi connectivity index (χ4n) is 3.10. The van der Waals surface area contributed by atoms with Crippen LogP contribution in [0.15, 0.2) is 65.6 Å². The molecule has 0 aliphatic heterocycles. The molecule has 2 aromatic heterocycles. The molecular weight excluding hydrogens is 342 g/mol. The summed E-state index contributed by atoms with van der Waals surface area (Å²) in [5.41, 5.74) is 8.59. The summed E-state index contributed by atoms with van der Waals surface area (Å²) in [5, 5.41) is 0. The molecule has 0 saturated heterocycles. The van der Waals surface area contributed by atoms with Crippen LogP contribution in [0.3, 0.4) is 0 Å². The van der Waals surface area contributed by atoms with E-state index in [1.807, 2.05) is 43.3 Å². The Morgan fingerprint density at radius 3 is 2.67 bits per heavy atom. The van der Waals surface area contributed by atoms with Crippen LogP contribution in [0.25, 0.3) is 22.6 Å². The Morgan fingerprint density at radius 1 is 1.15 bits per heavy atom. The Kier molecular flexibility index (Phi) is 4.04. The summed E-state index contributed by atoms with van der Waals surface area (Å²) < 4.78 is 1.58. The number of benzene rings is 2. The highest BCUT2D eigenvalue weighted by Gasteiger charge is 2.17. The van der Waals surface area contributed by atoms with E-state index in [9.17, 15) is 9.59 Å². The number of nitrogens with two attached hydrogens (primary N) is 1. The van der Waals surface area contributed by atoms with Crippen LogP contribution in [0, 0.1) is 0 Å². The quantitative estimate of drug-likeness (QED) is 0.584. The molecule has 0 aliphatic rings. The molecule has 4 aromatic rings. The molecule has 2 heterocycles. The van der Waals surface area contributed by atoms with Crippen molar-refractivity contribution in [3.05, 3.63) is 82.4 Å². The van der Waals surface area contributed by atoms with Crippen molar-refractivity contribution in [2.75, 3.05) is 0 Å². The highest BCUT2D eigenvalue weighted by Crippen LogP contribution is 2.23. The Hall–Kier alpha value is -3.74. The van der Waals surface area contributed by atoms with Gasteiger partial charge in [-0.05, 0) is 24.6 Å². The Balaban J connectivity index is 1.86. The van der Waals surface area contributed by atoms with Gasteiger partial charge in [-0.15, -0.1) is 0 Å². The van der Waals surface area contributed by atoms with E-state index in [1.54, 1.807) is 29.0 Å². The van der Waals surface area contributed by atoms with Gasteiger partial charge >= 0.3 is 5.69 Å². The molecule has 134 valence electrons. The van der Waals surface area contributed by atoms with E-state index in [-0.39, 0.29) is 11.7 Å². The third kappa shape index (κ3) is 2.99. The molecule has 4 rings (SSSR count). The number of aromatic amines is 1. The lowest BCUT2D eigenvalue weighted by Gasteiger charge is -2.13. The van der Waals surface area contributed by atoms with Gasteiger partial charge in [0.15, 0.2) is 11.3 Å². The molecule has 2 aromatic carbocycles. The van der Waals surface area contributed by atoms with Crippen LogP contribution in [-0.4, -0.2) is 25.4 Å². The molecule has 0 unspecified atom stereocenters. The monoisotopic (exact) mass is 359 g/mol. The summed E-state index contributed by atoms with van der Waals surface area (Å²) in [7, 11) is 0. The molecule has 3 N–H and O–H groups in total. The molecule has 0 saturated carbocycles. The van der Waals surface area contributed by atoms with Crippen molar-refractivity contribution in [2.24, 2.45) is 5.73 Å². The van der Waals surface area contributed by atoms with Gasteiger partial charge in [0.2, 0.25) is 5.91 Å². The minimum absolute atomic E-state index is 0.214.